The second-order valence-corrected chi connectivity index (χ2v) is 7.06. The number of hydrogen-bond acceptors (Lipinski definition) is 4. The standard InChI is InChI=1S/C17H34N4O2/c1-6-8-18-15(22)13-20-9-11-21(12-10-20)14(3)16(23)19-17(4,5)7-2/h14H,6-13H2,1-5H3,(H,18,22)(H,19,23). The summed E-state index contributed by atoms with van der Waals surface area (Å²) in [7, 11) is 0. The van der Waals surface area contributed by atoms with Gasteiger partial charge in [-0.15, -0.1) is 0 Å². The fourth-order valence-corrected chi connectivity index (χ4v) is 2.52. The van der Waals surface area contributed by atoms with E-state index in [9.17, 15) is 9.59 Å². The van der Waals surface area contributed by atoms with Gasteiger partial charge in [-0.25, -0.2) is 0 Å². The number of carbonyl (C=O) groups is 2. The Morgan fingerprint density at radius 2 is 1.74 bits per heavy atom. The van der Waals surface area contributed by atoms with E-state index in [4.69, 9.17) is 0 Å². The highest BCUT2D eigenvalue weighted by Crippen LogP contribution is 2.11. The molecule has 1 rings (SSSR count). The summed E-state index contributed by atoms with van der Waals surface area (Å²) < 4.78 is 0. The molecule has 0 bridgehead atoms. The van der Waals surface area contributed by atoms with E-state index >= 15 is 0 Å². The van der Waals surface area contributed by atoms with Gasteiger partial charge in [0.2, 0.25) is 11.8 Å². The molecule has 0 aromatic heterocycles. The van der Waals surface area contributed by atoms with Crippen LogP contribution in [0.25, 0.3) is 0 Å². The Morgan fingerprint density at radius 1 is 1.13 bits per heavy atom. The lowest BCUT2D eigenvalue weighted by Crippen LogP contribution is -2.57. The highest BCUT2D eigenvalue weighted by Gasteiger charge is 2.28. The number of piperazine rings is 1. The predicted molar refractivity (Wildman–Crippen MR) is 93.3 cm³/mol. The number of hydrogen-bond donors (Lipinski definition) is 2. The van der Waals surface area contributed by atoms with Crippen molar-refractivity contribution in [3.05, 3.63) is 0 Å². The van der Waals surface area contributed by atoms with Gasteiger partial charge in [0.05, 0.1) is 12.6 Å². The zero-order valence-corrected chi connectivity index (χ0v) is 15.4. The van der Waals surface area contributed by atoms with Crippen molar-refractivity contribution in [3.63, 3.8) is 0 Å². The number of amides is 2. The van der Waals surface area contributed by atoms with E-state index in [0.29, 0.717) is 6.54 Å². The van der Waals surface area contributed by atoms with Crippen LogP contribution in [0.2, 0.25) is 0 Å². The predicted octanol–water partition coefficient (Wildman–Crippen LogP) is 0.824. The third-order valence-corrected chi connectivity index (χ3v) is 4.62. The molecular formula is C17H34N4O2. The molecule has 1 atom stereocenters. The Kier molecular flexibility index (Phi) is 7.99. The Morgan fingerprint density at radius 3 is 2.26 bits per heavy atom. The summed E-state index contributed by atoms with van der Waals surface area (Å²) in [6.07, 6.45) is 1.87. The molecule has 1 aliphatic rings. The van der Waals surface area contributed by atoms with Crippen LogP contribution in [0.15, 0.2) is 0 Å². The van der Waals surface area contributed by atoms with E-state index in [-0.39, 0.29) is 23.4 Å². The quantitative estimate of drug-likeness (QED) is 0.693. The maximum absolute atomic E-state index is 12.4. The first kappa shape index (κ1) is 19.9. The van der Waals surface area contributed by atoms with E-state index in [1.807, 2.05) is 27.7 Å². The molecule has 23 heavy (non-hydrogen) atoms. The van der Waals surface area contributed by atoms with Gasteiger partial charge in [0.25, 0.3) is 0 Å². The van der Waals surface area contributed by atoms with Crippen LogP contribution in [0.3, 0.4) is 0 Å². The normalized spacial score (nSPS) is 18.5. The average molecular weight is 326 g/mol. The minimum Gasteiger partial charge on any atom is -0.355 e. The van der Waals surface area contributed by atoms with Gasteiger partial charge in [-0.3, -0.25) is 19.4 Å². The van der Waals surface area contributed by atoms with Crippen LogP contribution >= 0.6 is 0 Å². The van der Waals surface area contributed by atoms with Crippen molar-refractivity contribution >= 4 is 11.8 Å². The third-order valence-electron chi connectivity index (χ3n) is 4.62. The monoisotopic (exact) mass is 326 g/mol. The molecule has 6 heteroatoms. The first-order chi connectivity index (χ1) is 10.8. The lowest BCUT2D eigenvalue weighted by molar-refractivity contribution is -0.129. The molecule has 0 spiro atoms. The van der Waals surface area contributed by atoms with Crippen LogP contribution in [0, 0.1) is 0 Å². The van der Waals surface area contributed by atoms with E-state index < -0.39 is 0 Å². The maximum atomic E-state index is 12.4. The molecule has 1 aliphatic heterocycles. The topological polar surface area (TPSA) is 64.7 Å². The minimum absolute atomic E-state index is 0.0889. The number of nitrogens with zero attached hydrogens (tertiary/aromatic N) is 2. The van der Waals surface area contributed by atoms with Gasteiger partial charge in [-0.1, -0.05) is 13.8 Å². The number of nitrogens with one attached hydrogen (secondary N) is 2. The maximum Gasteiger partial charge on any atom is 0.237 e. The van der Waals surface area contributed by atoms with Crippen LogP contribution in [0.4, 0.5) is 0 Å². The number of carbonyl (C=O) groups excluding carboxylic acids is 2. The van der Waals surface area contributed by atoms with E-state index in [2.05, 4.69) is 27.4 Å². The van der Waals surface area contributed by atoms with Crippen molar-refractivity contribution in [2.24, 2.45) is 0 Å². The summed E-state index contributed by atoms with van der Waals surface area (Å²) in [6.45, 7) is 14.7. The van der Waals surface area contributed by atoms with E-state index in [1.165, 1.54) is 0 Å². The largest absolute Gasteiger partial charge is 0.355 e. The summed E-state index contributed by atoms with van der Waals surface area (Å²) in [5, 5.41) is 6.02. The lowest BCUT2D eigenvalue weighted by atomic mass is 10.0. The fourth-order valence-electron chi connectivity index (χ4n) is 2.52. The molecule has 2 amide bonds. The molecule has 1 heterocycles. The van der Waals surface area contributed by atoms with Crippen molar-refractivity contribution in [1.29, 1.82) is 0 Å². The molecule has 0 aromatic carbocycles. The molecular weight excluding hydrogens is 292 g/mol. The smallest absolute Gasteiger partial charge is 0.237 e. The zero-order chi connectivity index (χ0) is 17.5. The van der Waals surface area contributed by atoms with Crippen molar-refractivity contribution in [1.82, 2.24) is 20.4 Å². The molecule has 1 saturated heterocycles. The third kappa shape index (κ3) is 6.87. The Balaban J connectivity index is 2.37. The molecule has 1 unspecified atom stereocenters. The molecule has 0 aromatic rings. The summed E-state index contributed by atoms with van der Waals surface area (Å²) in [6, 6.07) is -0.128. The van der Waals surface area contributed by atoms with Gasteiger partial charge in [0, 0.05) is 38.3 Å². The van der Waals surface area contributed by atoms with Gasteiger partial charge in [-0.2, -0.15) is 0 Å². The zero-order valence-electron chi connectivity index (χ0n) is 15.4. The van der Waals surface area contributed by atoms with Gasteiger partial charge in [0.15, 0.2) is 0 Å². The second-order valence-electron chi connectivity index (χ2n) is 7.06. The van der Waals surface area contributed by atoms with Crippen molar-refractivity contribution < 1.29 is 9.59 Å². The first-order valence-corrected chi connectivity index (χ1v) is 8.84. The molecule has 0 radical (unpaired) electrons. The Labute approximate surface area is 141 Å². The fraction of sp³-hybridized carbons (Fsp3) is 0.882. The first-order valence-electron chi connectivity index (χ1n) is 8.84. The SMILES string of the molecule is CCCNC(=O)CN1CCN(C(C)C(=O)NC(C)(C)CC)CC1. The molecule has 134 valence electrons. The molecule has 2 N–H and O–H groups in total. The highest BCUT2D eigenvalue weighted by molar-refractivity contribution is 5.82. The van der Waals surface area contributed by atoms with Crippen molar-refractivity contribution in [3.8, 4) is 0 Å². The van der Waals surface area contributed by atoms with Crippen LogP contribution in [0.5, 0.6) is 0 Å². The van der Waals surface area contributed by atoms with Gasteiger partial charge in [-0.05, 0) is 33.6 Å². The number of rotatable bonds is 8. The van der Waals surface area contributed by atoms with Gasteiger partial charge < -0.3 is 10.6 Å². The Bertz CT molecular complexity index is 390. The highest BCUT2D eigenvalue weighted by atomic mass is 16.2. The van der Waals surface area contributed by atoms with Crippen molar-refractivity contribution in [2.45, 2.75) is 59.0 Å². The molecule has 6 nitrogen and oxygen atoms in total. The van der Waals surface area contributed by atoms with E-state index in [0.717, 1.165) is 45.6 Å². The molecule has 0 saturated carbocycles. The van der Waals surface area contributed by atoms with Crippen LogP contribution in [-0.2, 0) is 9.59 Å². The van der Waals surface area contributed by atoms with Crippen LogP contribution in [0.1, 0.15) is 47.5 Å². The molecule has 0 aliphatic carbocycles. The van der Waals surface area contributed by atoms with Crippen LogP contribution in [-0.4, -0.2) is 72.5 Å². The summed E-state index contributed by atoms with van der Waals surface area (Å²) in [5.74, 6) is 0.182. The minimum atomic E-state index is -0.162. The second kappa shape index (κ2) is 9.23. The summed E-state index contributed by atoms with van der Waals surface area (Å²) in [5.41, 5.74) is -0.162. The van der Waals surface area contributed by atoms with Gasteiger partial charge >= 0.3 is 0 Å². The van der Waals surface area contributed by atoms with Gasteiger partial charge in [0.1, 0.15) is 0 Å². The van der Waals surface area contributed by atoms with E-state index in [1.54, 1.807) is 0 Å². The summed E-state index contributed by atoms with van der Waals surface area (Å²) >= 11 is 0. The van der Waals surface area contributed by atoms with Crippen LogP contribution < -0.4 is 10.6 Å². The molecule has 1 fully saturated rings. The van der Waals surface area contributed by atoms with Crippen molar-refractivity contribution in [2.75, 3.05) is 39.3 Å². The lowest BCUT2D eigenvalue weighted by Gasteiger charge is -2.38. The summed E-state index contributed by atoms with van der Waals surface area (Å²) in [4.78, 5) is 28.5. The Hall–Kier alpha value is -1.14. The average Bonchev–Trinajstić information content (AvgIpc) is 2.52.